The average molecular weight is 303 g/mol. The summed E-state index contributed by atoms with van der Waals surface area (Å²) in [6, 6.07) is 3.77. The van der Waals surface area contributed by atoms with Crippen molar-refractivity contribution in [2.24, 2.45) is 5.73 Å². The molecule has 0 spiro atoms. The molecule has 0 fully saturated rings. The van der Waals surface area contributed by atoms with Gasteiger partial charge in [-0.1, -0.05) is 6.92 Å². The molecule has 0 saturated carbocycles. The standard InChI is InChI=1S/C16H24F3NO/c1-4-12(7-6-11(3)20)14-10-13(16(17,18)19)8-9-15(14)21-5-2/h8-12H,4-7,20H2,1-3H3. The van der Waals surface area contributed by atoms with Crippen LogP contribution in [0.5, 0.6) is 5.75 Å². The van der Waals surface area contributed by atoms with Gasteiger partial charge in [-0.05, 0) is 62.8 Å². The zero-order valence-electron chi connectivity index (χ0n) is 12.8. The first-order valence-corrected chi connectivity index (χ1v) is 7.39. The minimum Gasteiger partial charge on any atom is -0.494 e. The zero-order chi connectivity index (χ0) is 16.0. The van der Waals surface area contributed by atoms with Crippen molar-refractivity contribution in [3.05, 3.63) is 29.3 Å². The van der Waals surface area contributed by atoms with Crippen molar-refractivity contribution in [1.82, 2.24) is 0 Å². The van der Waals surface area contributed by atoms with E-state index < -0.39 is 11.7 Å². The third kappa shape index (κ3) is 5.23. The predicted octanol–water partition coefficient (Wildman–Crippen LogP) is 4.73. The van der Waals surface area contributed by atoms with Gasteiger partial charge in [-0.25, -0.2) is 0 Å². The number of rotatable bonds is 7. The first kappa shape index (κ1) is 17.8. The third-order valence-corrected chi connectivity index (χ3v) is 3.54. The molecular weight excluding hydrogens is 279 g/mol. The van der Waals surface area contributed by atoms with Gasteiger partial charge in [-0.2, -0.15) is 13.2 Å². The number of hydrogen-bond donors (Lipinski definition) is 1. The fourth-order valence-corrected chi connectivity index (χ4v) is 2.37. The second-order valence-corrected chi connectivity index (χ2v) is 5.34. The van der Waals surface area contributed by atoms with Crippen molar-refractivity contribution in [3.63, 3.8) is 0 Å². The second kappa shape index (κ2) is 7.69. The molecule has 0 aliphatic heterocycles. The first-order valence-electron chi connectivity index (χ1n) is 7.39. The number of nitrogens with two attached hydrogens (primary N) is 1. The fourth-order valence-electron chi connectivity index (χ4n) is 2.37. The molecule has 0 bridgehead atoms. The molecule has 1 aromatic carbocycles. The third-order valence-electron chi connectivity index (χ3n) is 3.54. The molecule has 1 rings (SSSR count). The second-order valence-electron chi connectivity index (χ2n) is 5.34. The lowest BCUT2D eigenvalue weighted by Gasteiger charge is -2.21. The molecule has 0 saturated heterocycles. The lowest BCUT2D eigenvalue weighted by Crippen LogP contribution is -2.16. The highest BCUT2D eigenvalue weighted by Gasteiger charge is 2.32. The van der Waals surface area contributed by atoms with Crippen molar-refractivity contribution in [1.29, 1.82) is 0 Å². The molecule has 1 aromatic rings. The van der Waals surface area contributed by atoms with E-state index in [4.69, 9.17) is 10.5 Å². The van der Waals surface area contributed by atoms with Crippen LogP contribution >= 0.6 is 0 Å². The quantitative estimate of drug-likeness (QED) is 0.790. The first-order chi connectivity index (χ1) is 9.79. The molecule has 2 nitrogen and oxygen atoms in total. The van der Waals surface area contributed by atoms with Gasteiger partial charge in [0.2, 0.25) is 0 Å². The van der Waals surface area contributed by atoms with E-state index in [1.165, 1.54) is 12.1 Å². The van der Waals surface area contributed by atoms with Gasteiger partial charge in [0.1, 0.15) is 5.75 Å². The van der Waals surface area contributed by atoms with E-state index in [2.05, 4.69) is 0 Å². The van der Waals surface area contributed by atoms with Gasteiger partial charge in [-0.15, -0.1) is 0 Å². The summed E-state index contributed by atoms with van der Waals surface area (Å²) >= 11 is 0. The smallest absolute Gasteiger partial charge is 0.416 e. The van der Waals surface area contributed by atoms with Crippen molar-refractivity contribution in [3.8, 4) is 5.75 Å². The number of alkyl halides is 3. The Balaban J connectivity index is 3.13. The Hall–Kier alpha value is -1.23. The van der Waals surface area contributed by atoms with Crippen LogP contribution in [0.4, 0.5) is 13.2 Å². The number of ether oxygens (including phenoxy) is 1. The molecule has 0 aromatic heterocycles. The Morgan fingerprint density at radius 1 is 1.19 bits per heavy atom. The van der Waals surface area contributed by atoms with Crippen LogP contribution in [-0.4, -0.2) is 12.6 Å². The molecule has 2 atom stereocenters. The van der Waals surface area contributed by atoms with Crippen LogP contribution in [0.1, 0.15) is 57.1 Å². The van der Waals surface area contributed by atoms with E-state index in [9.17, 15) is 13.2 Å². The van der Waals surface area contributed by atoms with Crippen molar-refractivity contribution in [2.45, 2.75) is 58.2 Å². The Kier molecular flexibility index (Phi) is 6.52. The summed E-state index contributed by atoms with van der Waals surface area (Å²) in [5, 5.41) is 0. The maximum absolute atomic E-state index is 12.9. The lowest BCUT2D eigenvalue weighted by molar-refractivity contribution is -0.137. The Morgan fingerprint density at radius 3 is 2.33 bits per heavy atom. The van der Waals surface area contributed by atoms with Gasteiger partial charge in [0.05, 0.1) is 12.2 Å². The highest BCUT2D eigenvalue weighted by Crippen LogP contribution is 2.38. The van der Waals surface area contributed by atoms with Gasteiger partial charge >= 0.3 is 6.18 Å². The van der Waals surface area contributed by atoms with Crippen LogP contribution in [0, 0.1) is 0 Å². The minimum atomic E-state index is -4.33. The summed E-state index contributed by atoms with van der Waals surface area (Å²) in [4.78, 5) is 0. The van der Waals surface area contributed by atoms with Gasteiger partial charge < -0.3 is 10.5 Å². The maximum atomic E-state index is 12.9. The molecule has 0 radical (unpaired) electrons. The Bertz CT molecular complexity index is 444. The van der Waals surface area contributed by atoms with Crippen molar-refractivity contribution in [2.75, 3.05) is 6.61 Å². The van der Waals surface area contributed by atoms with Crippen molar-refractivity contribution < 1.29 is 17.9 Å². The van der Waals surface area contributed by atoms with E-state index in [1.807, 2.05) is 20.8 Å². The summed E-state index contributed by atoms with van der Waals surface area (Å²) in [6.07, 6.45) is -2.04. The summed E-state index contributed by atoms with van der Waals surface area (Å²) in [5.74, 6) is 0.571. The van der Waals surface area contributed by atoms with Crippen LogP contribution in [0.25, 0.3) is 0 Å². The summed E-state index contributed by atoms with van der Waals surface area (Å²) < 4.78 is 44.2. The molecule has 0 aliphatic carbocycles. The zero-order valence-corrected chi connectivity index (χ0v) is 12.8. The molecule has 21 heavy (non-hydrogen) atoms. The predicted molar refractivity (Wildman–Crippen MR) is 78.5 cm³/mol. The van der Waals surface area contributed by atoms with Gasteiger partial charge in [0, 0.05) is 6.04 Å². The summed E-state index contributed by atoms with van der Waals surface area (Å²) in [6.45, 7) is 6.14. The van der Waals surface area contributed by atoms with E-state index >= 15 is 0 Å². The number of benzene rings is 1. The van der Waals surface area contributed by atoms with E-state index in [0.29, 0.717) is 17.9 Å². The van der Waals surface area contributed by atoms with E-state index in [1.54, 1.807) is 0 Å². The van der Waals surface area contributed by atoms with Gasteiger partial charge in [0.15, 0.2) is 0 Å². The summed E-state index contributed by atoms with van der Waals surface area (Å²) in [7, 11) is 0. The molecule has 2 unspecified atom stereocenters. The van der Waals surface area contributed by atoms with Gasteiger partial charge in [0.25, 0.3) is 0 Å². The molecule has 5 heteroatoms. The lowest BCUT2D eigenvalue weighted by atomic mass is 9.89. The van der Waals surface area contributed by atoms with Crippen LogP contribution in [0.3, 0.4) is 0 Å². The molecule has 0 heterocycles. The molecular formula is C16H24F3NO. The van der Waals surface area contributed by atoms with E-state index in [0.717, 1.165) is 25.3 Å². The van der Waals surface area contributed by atoms with Crippen LogP contribution in [-0.2, 0) is 6.18 Å². The largest absolute Gasteiger partial charge is 0.494 e. The maximum Gasteiger partial charge on any atom is 0.416 e. The molecule has 2 N–H and O–H groups in total. The van der Waals surface area contributed by atoms with Crippen molar-refractivity contribution >= 4 is 0 Å². The normalized spacial score (nSPS) is 14.8. The Morgan fingerprint density at radius 2 is 1.86 bits per heavy atom. The molecule has 0 amide bonds. The van der Waals surface area contributed by atoms with Crippen LogP contribution in [0.15, 0.2) is 18.2 Å². The average Bonchev–Trinajstić information content (AvgIpc) is 2.39. The fraction of sp³-hybridized carbons (Fsp3) is 0.625. The SMILES string of the molecule is CCOc1ccc(C(F)(F)F)cc1C(CC)CCC(C)N. The summed E-state index contributed by atoms with van der Waals surface area (Å²) in [5.41, 5.74) is 5.77. The monoisotopic (exact) mass is 303 g/mol. The highest BCUT2D eigenvalue weighted by atomic mass is 19.4. The highest BCUT2D eigenvalue weighted by molar-refractivity contribution is 5.40. The van der Waals surface area contributed by atoms with Gasteiger partial charge in [-0.3, -0.25) is 0 Å². The Labute approximate surface area is 124 Å². The molecule has 0 aliphatic rings. The molecule has 120 valence electrons. The van der Waals surface area contributed by atoms with E-state index in [-0.39, 0.29) is 12.0 Å². The topological polar surface area (TPSA) is 35.2 Å². The van der Waals surface area contributed by atoms with Crippen LogP contribution in [0.2, 0.25) is 0 Å². The number of hydrogen-bond acceptors (Lipinski definition) is 2. The number of halogens is 3. The minimum absolute atomic E-state index is 0.0276. The van der Waals surface area contributed by atoms with Crippen LogP contribution < -0.4 is 10.5 Å².